The van der Waals surface area contributed by atoms with Gasteiger partial charge in [-0.3, -0.25) is 5.10 Å². The smallest absolute Gasteiger partial charge is 0.126 e. The molecule has 4 N–H and O–H groups in total. The van der Waals surface area contributed by atoms with Gasteiger partial charge in [-0.25, -0.2) is 0 Å². The van der Waals surface area contributed by atoms with Crippen LogP contribution in [0.4, 0.5) is 5.82 Å². The Kier molecular flexibility index (Phi) is 2.81. The molecule has 0 fully saturated rings. The average molecular weight is 245 g/mol. The topological polar surface area (TPSA) is 74.9 Å². The minimum atomic E-state index is -0.122. The van der Waals surface area contributed by atoms with E-state index in [4.69, 9.17) is 5.73 Å². The van der Waals surface area contributed by atoms with Crippen LogP contribution >= 0.6 is 0 Å². The van der Waals surface area contributed by atoms with Crippen molar-refractivity contribution in [3.8, 4) is 16.9 Å². The molecular formula is C14H19N3O. The standard InChI is InChI=1S/C14H19N3O/c1-8-5-9(10-7-16-17-13(10)15)6-11(12(8)18)14(2,3)4/h5-7,18H,1-4H3,(H3,15,16,17). The predicted molar refractivity (Wildman–Crippen MR) is 73.5 cm³/mol. The SMILES string of the molecule is Cc1cc(-c2cn[nH]c2N)cc(C(C)(C)C)c1O. The molecule has 2 rings (SSSR count). The summed E-state index contributed by atoms with van der Waals surface area (Å²) in [5, 5.41) is 16.8. The lowest BCUT2D eigenvalue weighted by Gasteiger charge is -2.22. The number of H-pyrrole nitrogens is 1. The van der Waals surface area contributed by atoms with E-state index in [1.807, 2.05) is 19.1 Å². The van der Waals surface area contributed by atoms with E-state index in [0.717, 1.165) is 22.3 Å². The number of nitrogen functional groups attached to an aromatic ring is 1. The molecule has 2 aromatic rings. The Bertz CT molecular complexity index is 579. The molecule has 1 heterocycles. The Morgan fingerprint density at radius 3 is 2.44 bits per heavy atom. The number of nitrogens with one attached hydrogen (secondary N) is 1. The fourth-order valence-corrected chi connectivity index (χ4v) is 2.03. The average Bonchev–Trinajstić information content (AvgIpc) is 2.66. The number of rotatable bonds is 1. The Morgan fingerprint density at radius 2 is 1.94 bits per heavy atom. The Balaban J connectivity index is 2.66. The van der Waals surface area contributed by atoms with Gasteiger partial charge in [-0.2, -0.15) is 5.10 Å². The van der Waals surface area contributed by atoms with Crippen molar-refractivity contribution in [3.63, 3.8) is 0 Å². The van der Waals surface area contributed by atoms with Crippen LogP contribution in [0.15, 0.2) is 18.3 Å². The number of phenolic OH excluding ortho intramolecular Hbond substituents is 1. The zero-order chi connectivity index (χ0) is 13.5. The lowest BCUT2D eigenvalue weighted by molar-refractivity contribution is 0.443. The molecule has 0 unspecified atom stereocenters. The van der Waals surface area contributed by atoms with Crippen molar-refractivity contribution in [1.82, 2.24) is 10.2 Å². The Morgan fingerprint density at radius 1 is 1.28 bits per heavy atom. The molecule has 4 nitrogen and oxygen atoms in total. The van der Waals surface area contributed by atoms with Crippen molar-refractivity contribution in [2.24, 2.45) is 0 Å². The molecule has 0 radical (unpaired) electrons. The molecule has 0 aliphatic carbocycles. The first-order valence-electron chi connectivity index (χ1n) is 5.94. The zero-order valence-electron chi connectivity index (χ0n) is 11.2. The maximum absolute atomic E-state index is 10.2. The Hall–Kier alpha value is -1.97. The van der Waals surface area contributed by atoms with Gasteiger partial charge >= 0.3 is 0 Å². The van der Waals surface area contributed by atoms with Crippen LogP contribution in [0.25, 0.3) is 11.1 Å². The molecule has 0 aliphatic heterocycles. The number of aromatic amines is 1. The monoisotopic (exact) mass is 245 g/mol. The number of nitrogens with two attached hydrogens (primary N) is 1. The van der Waals surface area contributed by atoms with Gasteiger partial charge in [0.25, 0.3) is 0 Å². The summed E-state index contributed by atoms with van der Waals surface area (Å²) in [5.74, 6) is 0.897. The number of phenols is 1. The molecule has 0 atom stereocenters. The van der Waals surface area contributed by atoms with Gasteiger partial charge in [0.1, 0.15) is 11.6 Å². The number of aryl methyl sites for hydroxylation is 1. The minimum Gasteiger partial charge on any atom is -0.507 e. The molecule has 4 heteroatoms. The van der Waals surface area contributed by atoms with E-state index >= 15 is 0 Å². The lowest BCUT2D eigenvalue weighted by Crippen LogP contribution is -2.12. The highest BCUT2D eigenvalue weighted by Gasteiger charge is 2.21. The fourth-order valence-electron chi connectivity index (χ4n) is 2.03. The normalized spacial score (nSPS) is 11.8. The summed E-state index contributed by atoms with van der Waals surface area (Å²) in [5.41, 5.74) is 9.32. The summed E-state index contributed by atoms with van der Waals surface area (Å²) in [6.45, 7) is 8.11. The summed E-state index contributed by atoms with van der Waals surface area (Å²) >= 11 is 0. The summed E-state index contributed by atoms with van der Waals surface area (Å²) < 4.78 is 0. The molecule has 1 aromatic carbocycles. The first-order chi connectivity index (χ1) is 8.30. The van der Waals surface area contributed by atoms with Crippen LogP contribution in [0.5, 0.6) is 5.75 Å². The van der Waals surface area contributed by atoms with Gasteiger partial charge in [0.05, 0.1) is 6.20 Å². The summed E-state index contributed by atoms with van der Waals surface area (Å²) in [6, 6.07) is 3.90. The number of hydrogen-bond acceptors (Lipinski definition) is 3. The zero-order valence-corrected chi connectivity index (χ0v) is 11.2. The molecule has 0 saturated carbocycles. The van der Waals surface area contributed by atoms with E-state index in [1.54, 1.807) is 6.20 Å². The molecule has 1 aromatic heterocycles. The summed E-state index contributed by atoms with van der Waals surface area (Å²) in [4.78, 5) is 0. The predicted octanol–water partition coefficient (Wildman–Crippen LogP) is 2.97. The van der Waals surface area contributed by atoms with E-state index in [1.165, 1.54) is 0 Å². The van der Waals surface area contributed by atoms with Gasteiger partial charge in [0, 0.05) is 11.1 Å². The third-order valence-electron chi connectivity index (χ3n) is 3.09. The van der Waals surface area contributed by atoms with Crippen LogP contribution in [-0.2, 0) is 5.41 Å². The molecule has 0 aliphatic rings. The molecule has 96 valence electrons. The van der Waals surface area contributed by atoms with Gasteiger partial charge in [-0.1, -0.05) is 20.8 Å². The second-order valence-electron chi connectivity index (χ2n) is 5.64. The van der Waals surface area contributed by atoms with E-state index < -0.39 is 0 Å². The van der Waals surface area contributed by atoms with Crippen LogP contribution < -0.4 is 5.73 Å². The molecule has 0 bridgehead atoms. The lowest BCUT2D eigenvalue weighted by atomic mass is 9.83. The summed E-state index contributed by atoms with van der Waals surface area (Å²) in [7, 11) is 0. The van der Waals surface area contributed by atoms with Crippen molar-refractivity contribution >= 4 is 5.82 Å². The molecule has 0 spiro atoms. The number of aromatic hydroxyl groups is 1. The maximum atomic E-state index is 10.2. The van der Waals surface area contributed by atoms with Crippen LogP contribution in [0.2, 0.25) is 0 Å². The van der Waals surface area contributed by atoms with Crippen LogP contribution in [0, 0.1) is 6.92 Å². The van der Waals surface area contributed by atoms with Crippen molar-refractivity contribution in [3.05, 3.63) is 29.5 Å². The first kappa shape index (κ1) is 12.5. The van der Waals surface area contributed by atoms with E-state index in [9.17, 15) is 5.11 Å². The van der Waals surface area contributed by atoms with Gasteiger partial charge in [-0.15, -0.1) is 0 Å². The van der Waals surface area contributed by atoms with Gasteiger partial charge in [-0.05, 0) is 35.6 Å². The minimum absolute atomic E-state index is 0.122. The number of anilines is 1. The first-order valence-corrected chi connectivity index (χ1v) is 5.94. The molecular weight excluding hydrogens is 226 g/mol. The molecule has 0 amide bonds. The van der Waals surface area contributed by atoms with Gasteiger partial charge in [0.2, 0.25) is 0 Å². The van der Waals surface area contributed by atoms with Crippen molar-refractivity contribution in [2.45, 2.75) is 33.1 Å². The number of nitrogens with zero attached hydrogens (tertiary/aromatic N) is 1. The highest BCUT2D eigenvalue weighted by atomic mass is 16.3. The van der Waals surface area contributed by atoms with Crippen molar-refractivity contribution < 1.29 is 5.11 Å². The van der Waals surface area contributed by atoms with E-state index in [0.29, 0.717) is 11.6 Å². The van der Waals surface area contributed by atoms with E-state index in [-0.39, 0.29) is 5.41 Å². The molecule has 18 heavy (non-hydrogen) atoms. The highest BCUT2D eigenvalue weighted by molar-refractivity contribution is 5.75. The van der Waals surface area contributed by atoms with Crippen LogP contribution in [-0.4, -0.2) is 15.3 Å². The highest BCUT2D eigenvalue weighted by Crippen LogP contribution is 2.37. The van der Waals surface area contributed by atoms with Crippen molar-refractivity contribution in [2.75, 3.05) is 5.73 Å². The van der Waals surface area contributed by atoms with Crippen LogP contribution in [0.3, 0.4) is 0 Å². The fraction of sp³-hybridized carbons (Fsp3) is 0.357. The van der Waals surface area contributed by atoms with Crippen LogP contribution in [0.1, 0.15) is 31.9 Å². The summed E-state index contributed by atoms with van der Waals surface area (Å²) in [6.07, 6.45) is 1.70. The van der Waals surface area contributed by atoms with E-state index in [2.05, 4.69) is 31.0 Å². The maximum Gasteiger partial charge on any atom is 0.126 e. The van der Waals surface area contributed by atoms with Gasteiger partial charge < -0.3 is 10.8 Å². The second-order valence-corrected chi connectivity index (χ2v) is 5.64. The Labute approximate surface area is 107 Å². The van der Waals surface area contributed by atoms with Gasteiger partial charge in [0.15, 0.2) is 0 Å². The largest absolute Gasteiger partial charge is 0.507 e. The number of benzene rings is 1. The quantitative estimate of drug-likeness (QED) is 0.723. The second kappa shape index (κ2) is 4.05. The third-order valence-corrected chi connectivity index (χ3v) is 3.09. The molecule has 0 saturated heterocycles. The van der Waals surface area contributed by atoms with Crippen molar-refractivity contribution in [1.29, 1.82) is 0 Å². The number of hydrogen-bond donors (Lipinski definition) is 3. The third kappa shape index (κ3) is 2.06. The number of aromatic nitrogens is 2.